The van der Waals surface area contributed by atoms with E-state index in [0.717, 1.165) is 33.5 Å². The van der Waals surface area contributed by atoms with Crippen LogP contribution in [-0.4, -0.2) is 16.1 Å². The smallest absolute Gasteiger partial charge is 0.303 e. The van der Waals surface area contributed by atoms with E-state index in [2.05, 4.69) is 38.1 Å². The quantitative estimate of drug-likeness (QED) is 0.273. The van der Waals surface area contributed by atoms with Gasteiger partial charge in [-0.25, -0.2) is 4.98 Å². The van der Waals surface area contributed by atoms with Crippen molar-refractivity contribution >= 4 is 5.97 Å². The fraction of sp³-hybridized carbons (Fsp3) is 0.267. The molecule has 0 radical (unpaired) electrons. The van der Waals surface area contributed by atoms with Crippen LogP contribution >= 0.6 is 0 Å². The molecule has 0 amide bonds. The number of hydrogen-bond acceptors (Lipinski definition) is 4. The fourth-order valence-electron chi connectivity index (χ4n) is 4.16. The van der Waals surface area contributed by atoms with Crippen LogP contribution in [0.3, 0.4) is 0 Å². The number of aryl methyl sites for hydroxylation is 2. The van der Waals surface area contributed by atoms with Crippen LogP contribution in [0.4, 0.5) is 0 Å². The fourth-order valence-corrected chi connectivity index (χ4v) is 4.16. The molecule has 1 N–H and O–H groups in total. The molecule has 1 aromatic heterocycles. The Morgan fingerprint density at radius 3 is 2.34 bits per heavy atom. The molecule has 180 valence electrons. The lowest BCUT2D eigenvalue weighted by atomic mass is 10.0. The number of carboxylic acid groups (broad SMARTS) is 1. The second kappa shape index (κ2) is 10.6. The molecular weight excluding hydrogens is 438 g/mol. The zero-order valence-electron chi connectivity index (χ0n) is 20.6. The SMILES string of the molecule is Cc1cc(OC(C)c2oc(-c3cccc(-c4ccccc4)c3)nc2C(C)C)ccc1CCC(=O)O. The lowest BCUT2D eigenvalue weighted by Crippen LogP contribution is -2.06. The van der Waals surface area contributed by atoms with Crippen LogP contribution in [0.15, 0.2) is 77.2 Å². The summed E-state index contributed by atoms with van der Waals surface area (Å²) >= 11 is 0. The Morgan fingerprint density at radius 2 is 1.66 bits per heavy atom. The molecule has 0 fully saturated rings. The molecule has 0 spiro atoms. The monoisotopic (exact) mass is 469 g/mol. The number of benzene rings is 3. The normalized spacial score (nSPS) is 12.0. The molecule has 4 rings (SSSR count). The van der Waals surface area contributed by atoms with Gasteiger partial charge in [-0.05, 0) is 72.7 Å². The van der Waals surface area contributed by atoms with Gasteiger partial charge in [-0.3, -0.25) is 4.79 Å². The van der Waals surface area contributed by atoms with Gasteiger partial charge in [0.25, 0.3) is 0 Å². The minimum absolute atomic E-state index is 0.113. The van der Waals surface area contributed by atoms with Gasteiger partial charge < -0.3 is 14.3 Å². The second-order valence-electron chi connectivity index (χ2n) is 9.11. The molecule has 35 heavy (non-hydrogen) atoms. The zero-order chi connectivity index (χ0) is 24.9. The topological polar surface area (TPSA) is 72.6 Å². The number of aliphatic carboxylic acids is 1. The van der Waals surface area contributed by atoms with E-state index < -0.39 is 5.97 Å². The summed E-state index contributed by atoms with van der Waals surface area (Å²) in [5.74, 6) is 1.39. The van der Waals surface area contributed by atoms with Crippen molar-refractivity contribution in [3.8, 4) is 28.3 Å². The number of rotatable bonds is 9. The van der Waals surface area contributed by atoms with E-state index in [0.29, 0.717) is 23.8 Å². The van der Waals surface area contributed by atoms with Gasteiger partial charge in [0.05, 0.1) is 5.69 Å². The molecule has 0 aliphatic rings. The van der Waals surface area contributed by atoms with Crippen molar-refractivity contribution in [2.75, 3.05) is 0 Å². The number of carboxylic acids is 1. The summed E-state index contributed by atoms with van der Waals surface area (Å²) in [6.45, 7) is 8.13. The van der Waals surface area contributed by atoms with Crippen molar-refractivity contribution in [1.29, 1.82) is 0 Å². The standard InChI is InChI=1S/C30H31NO4/c1-19(2)28-29(21(4)34-26-15-13-22(20(3)17-26)14-16-27(32)33)35-30(31-28)25-12-8-11-24(18-25)23-9-6-5-7-10-23/h5-13,15,17-19,21H,14,16H2,1-4H3,(H,32,33). The highest BCUT2D eigenvalue weighted by Crippen LogP contribution is 2.34. The molecular formula is C30H31NO4. The highest BCUT2D eigenvalue weighted by Gasteiger charge is 2.23. The van der Waals surface area contributed by atoms with Crippen molar-refractivity contribution in [3.63, 3.8) is 0 Å². The average Bonchev–Trinajstić information content (AvgIpc) is 3.30. The summed E-state index contributed by atoms with van der Waals surface area (Å²) in [5.41, 5.74) is 6.07. The maximum Gasteiger partial charge on any atom is 0.303 e. The Morgan fingerprint density at radius 1 is 0.943 bits per heavy atom. The molecule has 1 unspecified atom stereocenters. The van der Waals surface area contributed by atoms with E-state index in [1.807, 2.05) is 62.4 Å². The van der Waals surface area contributed by atoms with Gasteiger partial charge in [0.15, 0.2) is 11.9 Å². The first-order valence-electron chi connectivity index (χ1n) is 12.0. The lowest BCUT2D eigenvalue weighted by molar-refractivity contribution is -0.136. The highest BCUT2D eigenvalue weighted by molar-refractivity contribution is 5.70. The second-order valence-corrected chi connectivity index (χ2v) is 9.11. The molecule has 0 aliphatic heterocycles. The molecule has 1 heterocycles. The molecule has 5 heteroatoms. The molecule has 0 saturated carbocycles. The van der Waals surface area contributed by atoms with E-state index in [1.165, 1.54) is 0 Å². The summed E-state index contributed by atoms with van der Waals surface area (Å²) in [6, 6.07) is 24.2. The molecule has 1 atom stereocenters. The number of ether oxygens (including phenoxy) is 1. The Bertz CT molecular complexity index is 1310. The molecule has 0 aliphatic carbocycles. The van der Waals surface area contributed by atoms with Crippen molar-refractivity contribution in [3.05, 3.63) is 95.4 Å². The van der Waals surface area contributed by atoms with E-state index in [1.54, 1.807) is 0 Å². The maximum absolute atomic E-state index is 10.9. The minimum atomic E-state index is -0.796. The third-order valence-corrected chi connectivity index (χ3v) is 6.05. The van der Waals surface area contributed by atoms with Crippen molar-refractivity contribution < 1.29 is 19.1 Å². The molecule has 3 aromatic carbocycles. The van der Waals surface area contributed by atoms with E-state index >= 15 is 0 Å². The number of aromatic nitrogens is 1. The van der Waals surface area contributed by atoms with Gasteiger partial charge in [0.1, 0.15) is 5.75 Å². The Hall–Kier alpha value is -3.86. The van der Waals surface area contributed by atoms with Gasteiger partial charge in [0, 0.05) is 12.0 Å². The summed E-state index contributed by atoms with van der Waals surface area (Å²) < 4.78 is 12.5. The lowest BCUT2D eigenvalue weighted by Gasteiger charge is -2.16. The summed E-state index contributed by atoms with van der Waals surface area (Å²) in [6.07, 6.45) is 0.277. The van der Waals surface area contributed by atoms with Crippen molar-refractivity contribution in [1.82, 2.24) is 4.98 Å². The first-order chi connectivity index (χ1) is 16.8. The summed E-state index contributed by atoms with van der Waals surface area (Å²) in [7, 11) is 0. The molecule has 0 bridgehead atoms. The van der Waals surface area contributed by atoms with Gasteiger partial charge in [0.2, 0.25) is 5.89 Å². The van der Waals surface area contributed by atoms with Crippen LogP contribution < -0.4 is 4.74 Å². The predicted octanol–water partition coefficient (Wildman–Crippen LogP) is 7.60. The number of oxazole rings is 1. The van der Waals surface area contributed by atoms with Crippen molar-refractivity contribution in [2.24, 2.45) is 0 Å². The third-order valence-electron chi connectivity index (χ3n) is 6.05. The highest BCUT2D eigenvalue weighted by atomic mass is 16.5. The third kappa shape index (κ3) is 5.80. The summed E-state index contributed by atoms with van der Waals surface area (Å²) in [4.78, 5) is 15.7. The van der Waals surface area contributed by atoms with E-state index in [4.69, 9.17) is 19.2 Å². The van der Waals surface area contributed by atoms with Crippen molar-refractivity contribution in [2.45, 2.75) is 52.6 Å². The van der Waals surface area contributed by atoms with E-state index in [-0.39, 0.29) is 18.4 Å². The largest absolute Gasteiger partial charge is 0.483 e. The van der Waals surface area contributed by atoms with Crippen LogP contribution in [0.1, 0.15) is 61.8 Å². The molecule has 4 aromatic rings. The van der Waals surface area contributed by atoms with E-state index in [9.17, 15) is 4.79 Å². The minimum Gasteiger partial charge on any atom is -0.483 e. The summed E-state index contributed by atoms with van der Waals surface area (Å²) in [5, 5.41) is 8.95. The Labute approximate surface area is 206 Å². The van der Waals surface area contributed by atoms with Gasteiger partial charge in [-0.1, -0.05) is 62.4 Å². The number of nitrogens with zero attached hydrogens (tertiary/aromatic N) is 1. The van der Waals surface area contributed by atoms with Gasteiger partial charge >= 0.3 is 5.97 Å². The first-order valence-corrected chi connectivity index (χ1v) is 12.0. The van der Waals surface area contributed by atoms with Crippen LogP contribution in [0.5, 0.6) is 5.75 Å². The Kier molecular flexibility index (Phi) is 7.35. The van der Waals surface area contributed by atoms with Crippen LogP contribution in [0, 0.1) is 6.92 Å². The average molecular weight is 470 g/mol. The molecule has 5 nitrogen and oxygen atoms in total. The predicted molar refractivity (Wildman–Crippen MR) is 138 cm³/mol. The van der Waals surface area contributed by atoms with Crippen LogP contribution in [0.25, 0.3) is 22.6 Å². The van der Waals surface area contributed by atoms with Crippen LogP contribution in [0.2, 0.25) is 0 Å². The Balaban J connectivity index is 1.59. The molecule has 0 saturated heterocycles. The first kappa shape index (κ1) is 24.3. The number of carbonyl (C=O) groups is 1. The number of hydrogen-bond donors (Lipinski definition) is 1. The zero-order valence-corrected chi connectivity index (χ0v) is 20.6. The van der Waals surface area contributed by atoms with Gasteiger partial charge in [-0.2, -0.15) is 0 Å². The maximum atomic E-state index is 10.9. The van der Waals surface area contributed by atoms with Crippen LogP contribution in [-0.2, 0) is 11.2 Å². The van der Waals surface area contributed by atoms with Gasteiger partial charge in [-0.15, -0.1) is 0 Å².